The van der Waals surface area contributed by atoms with E-state index in [1.807, 2.05) is 66.5 Å². The number of benzene rings is 2. The Morgan fingerprint density at radius 2 is 1.92 bits per heavy atom. The predicted molar refractivity (Wildman–Crippen MR) is 145 cm³/mol. The van der Waals surface area contributed by atoms with Crippen molar-refractivity contribution in [2.24, 2.45) is 0 Å². The molecule has 0 fully saturated rings. The summed E-state index contributed by atoms with van der Waals surface area (Å²) in [6, 6.07) is 20.1. The number of ether oxygens (including phenoxy) is 1. The van der Waals surface area contributed by atoms with E-state index in [0.717, 1.165) is 41.1 Å². The minimum Gasteiger partial charge on any atom is -0.494 e. The molecule has 1 atom stereocenters. The molecular formula is C30H31N3O2S. The van der Waals surface area contributed by atoms with Gasteiger partial charge in [-0.25, -0.2) is 4.79 Å². The third-order valence-electron chi connectivity index (χ3n) is 7.19. The summed E-state index contributed by atoms with van der Waals surface area (Å²) in [5, 5.41) is 4.46. The van der Waals surface area contributed by atoms with Crippen LogP contribution in [0, 0.1) is 6.92 Å². The van der Waals surface area contributed by atoms with Gasteiger partial charge in [0.2, 0.25) is 0 Å². The molecular weight excluding hydrogens is 466 g/mol. The molecule has 6 heteroatoms. The van der Waals surface area contributed by atoms with Crippen molar-refractivity contribution >= 4 is 23.1 Å². The summed E-state index contributed by atoms with van der Waals surface area (Å²) in [5.74, 6) is 0.823. The third kappa shape index (κ3) is 4.09. The van der Waals surface area contributed by atoms with Crippen LogP contribution in [0.5, 0.6) is 5.75 Å². The van der Waals surface area contributed by atoms with E-state index < -0.39 is 0 Å². The van der Waals surface area contributed by atoms with Gasteiger partial charge in [0.25, 0.3) is 0 Å². The van der Waals surface area contributed by atoms with Gasteiger partial charge in [0.05, 0.1) is 24.9 Å². The highest BCUT2D eigenvalue weighted by atomic mass is 32.1. The Morgan fingerprint density at radius 3 is 2.78 bits per heavy atom. The number of hydrogen-bond acceptors (Lipinski definition) is 3. The van der Waals surface area contributed by atoms with Crippen LogP contribution in [-0.4, -0.2) is 22.1 Å². The smallest absolute Gasteiger partial charge is 0.322 e. The summed E-state index contributed by atoms with van der Waals surface area (Å²) in [4.78, 5) is 17.5. The van der Waals surface area contributed by atoms with E-state index in [1.165, 1.54) is 33.8 Å². The molecule has 0 unspecified atom stereocenters. The fourth-order valence-electron chi connectivity index (χ4n) is 5.60. The highest BCUT2D eigenvalue weighted by Gasteiger charge is 2.36. The number of thiophene rings is 1. The van der Waals surface area contributed by atoms with E-state index in [-0.39, 0.29) is 12.1 Å². The zero-order valence-corrected chi connectivity index (χ0v) is 21.6. The normalized spacial score (nSPS) is 16.5. The van der Waals surface area contributed by atoms with Crippen molar-refractivity contribution < 1.29 is 9.53 Å². The van der Waals surface area contributed by atoms with Crippen LogP contribution in [0.4, 0.5) is 10.5 Å². The lowest BCUT2D eigenvalue weighted by Gasteiger charge is -2.31. The highest BCUT2D eigenvalue weighted by Crippen LogP contribution is 2.44. The maximum Gasteiger partial charge on any atom is 0.322 e. The van der Waals surface area contributed by atoms with Gasteiger partial charge in [0.1, 0.15) is 10.8 Å². The number of anilines is 1. The largest absolute Gasteiger partial charge is 0.494 e. The number of hydrogen-bond donors (Lipinski definition) is 1. The SMILES string of the molecule is CCOc1cccc([C@@H]2c3cccn3-c3sc4c(c3CN2C(=O)Nc2cccc(C)c2)CCCC4)c1. The highest BCUT2D eigenvalue weighted by molar-refractivity contribution is 7.15. The minimum atomic E-state index is -0.246. The van der Waals surface area contributed by atoms with Gasteiger partial charge in [-0.3, -0.25) is 0 Å². The molecule has 6 rings (SSSR count). The lowest BCUT2D eigenvalue weighted by molar-refractivity contribution is 0.194. The predicted octanol–water partition coefficient (Wildman–Crippen LogP) is 7.26. The summed E-state index contributed by atoms with van der Waals surface area (Å²) < 4.78 is 8.16. The number of nitrogens with one attached hydrogen (secondary N) is 1. The van der Waals surface area contributed by atoms with Gasteiger partial charge in [-0.15, -0.1) is 11.3 Å². The topological polar surface area (TPSA) is 46.5 Å². The van der Waals surface area contributed by atoms with Crippen LogP contribution in [-0.2, 0) is 19.4 Å². The fraction of sp³-hybridized carbons (Fsp3) is 0.300. The second-order valence-electron chi connectivity index (χ2n) is 9.63. The first-order chi connectivity index (χ1) is 17.6. The molecule has 5 nitrogen and oxygen atoms in total. The van der Waals surface area contributed by atoms with Gasteiger partial charge >= 0.3 is 6.03 Å². The Hall–Kier alpha value is -3.51. The Balaban J connectivity index is 1.49. The summed E-state index contributed by atoms with van der Waals surface area (Å²) in [7, 11) is 0. The van der Waals surface area contributed by atoms with Crippen LogP contribution in [0.2, 0.25) is 0 Å². The Labute approximate surface area is 216 Å². The van der Waals surface area contributed by atoms with Crippen molar-refractivity contribution in [3.63, 3.8) is 0 Å². The number of carbonyl (C=O) groups is 1. The first-order valence-corrected chi connectivity index (χ1v) is 13.6. The second kappa shape index (κ2) is 9.51. The van der Waals surface area contributed by atoms with Gasteiger partial charge in [0, 0.05) is 22.3 Å². The van der Waals surface area contributed by atoms with Crippen molar-refractivity contribution in [1.82, 2.24) is 9.47 Å². The molecule has 1 aliphatic heterocycles. The molecule has 0 saturated heterocycles. The molecule has 2 aliphatic rings. The standard InChI is InChI=1S/C30H31N3O2S/c1-3-35-23-12-7-10-21(18-23)28-26-14-8-16-32(26)29-25(24-13-4-5-15-27(24)36-29)19-33(28)30(34)31-22-11-6-9-20(2)17-22/h6-12,14,16-18,28H,3-5,13,15,19H2,1-2H3,(H,31,34)/t28-/m1/s1. The van der Waals surface area contributed by atoms with Crippen LogP contribution >= 0.6 is 11.3 Å². The molecule has 0 saturated carbocycles. The quantitative estimate of drug-likeness (QED) is 0.322. The molecule has 0 bridgehead atoms. The Bertz CT molecular complexity index is 1420. The van der Waals surface area contributed by atoms with Crippen molar-refractivity contribution in [2.75, 3.05) is 11.9 Å². The Morgan fingerprint density at radius 1 is 1.06 bits per heavy atom. The van der Waals surface area contributed by atoms with Crippen molar-refractivity contribution in [2.45, 2.75) is 52.1 Å². The van der Waals surface area contributed by atoms with E-state index in [0.29, 0.717) is 13.2 Å². The second-order valence-corrected chi connectivity index (χ2v) is 10.7. The van der Waals surface area contributed by atoms with Gasteiger partial charge < -0.3 is 19.5 Å². The van der Waals surface area contributed by atoms with E-state index in [1.54, 1.807) is 0 Å². The number of aryl methyl sites for hydroxylation is 2. The lowest BCUT2D eigenvalue weighted by Crippen LogP contribution is -2.38. The zero-order valence-electron chi connectivity index (χ0n) is 20.8. The fourth-order valence-corrected chi connectivity index (χ4v) is 7.00. The summed E-state index contributed by atoms with van der Waals surface area (Å²) in [6.07, 6.45) is 6.84. The van der Waals surface area contributed by atoms with Crippen LogP contribution in [0.1, 0.15) is 58.6 Å². The van der Waals surface area contributed by atoms with Crippen molar-refractivity contribution in [3.8, 4) is 10.8 Å². The summed E-state index contributed by atoms with van der Waals surface area (Å²) in [6.45, 7) is 5.21. The maximum atomic E-state index is 14.0. The number of urea groups is 1. The van der Waals surface area contributed by atoms with Crippen LogP contribution in [0.25, 0.3) is 5.00 Å². The number of aromatic nitrogens is 1. The monoisotopic (exact) mass is 497 g/mol. The number of amides is 2. The average molecular weight is 498 g/mol. The summed E-state index contributed by atoms with van der Waals surface area (Å²) in [5.41, 5.74) is 6.83. The zero-order chi connectivity index (χ0) is 24.6. The molecule has 2 amide bonds. The van der Waals surface area contributed by atoms with Crippen LogP contribution in [0.3, 0.4) is 0 Å². The Kier molecular flexibility index (Phi) is 6.05. The van der Waals surface area contributed by atoms with Crippen LogP contribution in [0.15, 0.2) is 66.9 Å². The van der Waals surface area contributed by atoms with Gasteiger partial charge in [0.15, 0.2) is 0 Å². The number of rotatable bonds is 4. The van der Waals surface area contributed by atoms with Gasteiger partial charge in [-0.2, -0.15) is 0 Å². The van der Waals surface area contributed by atoms with Crippen molar-refractivity contribution in [3.05, 3.63) is 99.7 Å². The van der Waals surface area contributed by atoms with Crippen LogP contribution < -0.4 is 10.1 Å². The molecule has 2 aromatic heterocycles. The molecule has 184 valence electrons. The average Bonchev–Trinajstić information content (AvgIpc) is 3.46. The first kappa shape index (κ1) is 22.9. The van der Waals surface area contributed by atoms with Gasteiger partial charge in [-0.05, 0) is 92.6 Å². The van der Waals surface area contributed by atoms with E-state index in [9.17, 15) is 4.79 Å². The maximum absolute atomic E-state index is 14.0. The first-order valence-electron chi connectivity index (χ1n) is 12.8. The molecule has 0 radical (unpaired) electrons. The number of fused-ring (bicyclic) bond motifs is 5. The van der Waals surface area contributed by atoms with E-state index in [4.69, 9.17) is 4.74 Å². The number of nitrogens with zero attached hydrogens (tertiary/aromatic N) is 2. The van der Waals surface area contributed by atoms with E-state index in [2.05, 4.69) is 40.3 Å². The van der Waals surface area contributed by atoms with Gasteiger partial charge in [-0.1, -0.05) is 24.3 Å². The summed E-state index contributed by atoms with van der Waals surface area (Å²) >= 11 is 1.91. The molecule has 2 aromatic carbocycles. The minimum absolute atomic E-state index is 0.0937. The molecule has 1 N–H and O–H groups in total. The molecule has 0 spiro atoms. The molecule has 36 heavy (non-hydrogen) atoms. The van der Waals surface area contributed by atoms with Crippen molar-refractivity contribution in [1.29, 1.82) is 0 Å². The lowest BCUT2D eigenvalue weighted by atomic mass is 9.95. The number of carbonyl (C=O) groups excluding carboxylic acids is 1. The molecule has 4 aromatic rings. The van der Waals surface area contributed by atoms with E-state index >= 15 is 0 Å². The molecule has 3 heterocycles. The third-order valence-corrected chi connectivity index (χ3v) is 8.53. The molecule has 1 aliphatic carbocycles.